The molecule has 0 aromatic rings. The second-order valence-electron chi connectivity index (χ2n) is 8.59. The number of hydrogen-bond acceptors (Lipinski definition) is 1. The van der Waals surface area contributed by atoms with E-state index >= 15 is 0 Å². The Bertz CT molecular complexity index is 378. The van der Waals surface area contributed by atoms with Crippen LogP contribution in [-0.4, -0.2) is 31.2 Å². The molecule has 7 unspecified atom stereocenters. The molecule has 2 fully saturated rings. The summed E-state index contributed by atoms with van der Waals surface area (Å²) in [6, 6.07) is 0. The first-order chi connectivity index (χ1) is 12.6. The number of ether oxygens (including phenoxy) is 1. The Morgan fingerprint density at radius 2 is 1.58 bits per heavy atom. The topological polar surface area (TPSA) is 9.23 Å². The molecule has 0 aromatic heterocycles. The summed E-state index contributed by atoms with van der Waals surface area (Å²) in [4.78, 5) is 0. The lowest BCUT2D eigenvalue weighted by molar-refractivity contribution is -0.0665. The van der Waals surface area contributed by atoms with Crippen molar-refractivity contribution in [1.82, 2.24) is 0 Å². The van der Waals surface area contributed by atoms with Crippen LogP contribution in [0, 0.1) is 17.8 Å². The summed E-state index contributed by atoms with van der Waals surface area (Å²) < 4.78 is 49.5. The van der Waals surface area contributed by atoms with Crippen LogP contribution in [0.3, 0.4) is 0 Å². The second-order valence-corrected chi connectivity index (χ2v) is 8.59. The van der Waals surface area contributed by atoms with Crippen LogP contribution in [0.2, 0.25) is 0 Å². The minimum absolute atomic E-state index is 0.0229. The third kappa shape index (κ3) is 6.14. The molecule has 2 saturated carbocycles. The monoisotopic (exact) mass is 376 g/mol. The molecule has 0 aliphatic heterocycles. The van der Waals surface area contributed by atoms with E-state index in [-0.39, 0.29) is 23.9 Å². The molecule has 0 N–H and O–H groups in total. The van der Waals surface area contributed by atoms with Crippen molar-refractivity contribution < 1.29 is 17.9 Å². The van der Waals surface area contributed by atoms with Gasteiger partial charge in [0.05, 0.1) is 6.10 Å². The summed E-state index contributed by atoms with van der Waals surface area (Å²) in [7, 11) is 0. The van der Waals surface area contributed by atoms with Gasteiger partial charge in [-0.3, -0.25) is 0 Å². The number of unbranched alkanes of at least 4 members (excludes halogenated alkanes) is 4. The summed E-state index contributed by atoms with van der Waals surface area (Å²) in [5, 5.41) is 0. The normalized spacial score (nSPS) is 38.4. The van der Waals surface area contributed by atoms with E-state index in [9.17, 15) is 13.2 Å². The Kier molecular flexibility index (Phi) is 9.80. The average molecular weight is 377 g/mol. The van der Waals surface area contributed by atoms with Gasteiger partial charge in [-0.25, -0.2) is 13.2 Å². The molecule has 154 valence electrons. The smallest absolute Gasteiger partial charge is 0.134 e. The molecule has 0 aromatic carbocycles. The zero-order valence-corrected chi connectivity index (χ0v) is 16.8. The molecule has 2 aliphatic carbocycles. The van der Waals surface area contributed by atoms with Crippen LogP contribution in [-0.2, 0) is 4.74 Å². The summed E-state index contributed by atoms with van der Waals surface area (Å²) >= 11 is 0. The Balaban J connectivity index is 1.75. The zero-order valence-electron chi connectivity index (χ0n) is 16.8. The minimum Gasteiger partial charge on any atom is -0.375 e. The van der Waals surface area contributed by atoms with E-state index in [1.54, 1.807) is 0 Å². The van der Waals surface area contributed by atoms with Crippen LogP contribution in [0.15, 0.2) is 0 Å². The molecule has 0 spiro atoms. The average Bonchev–Trinajstić information content (AvgIpc) is 2.64. The van der Waals surface area contributed by atoms with Gasteiger partial charge in [0.15, 0.2) is 0 Å². The van der Waals surface area contributed by atoms with E-state index in [1.807, 2.05) is 0 Å². The Hall–Kier alpha value is -0.250. The summed E-state index contributed by atoms with van der Waals surface area (Å²) in [5.41, 5.74) is 0. The number of rotatable bonds is 10. The highest BCUT2D eigenvalue weighted by Crippen LogP contribution is 2.44. The molecule has 0 bridgehead atoms. The van der Waals surface area contributed by atoms with Crippen molar-refractivity contribution in [2.45, 2.75) is 116 Å². The number of halogens is 3. The van der Waals surface area contributed by atoms with Crippen LogP contribution < -0.4 is 0 Å². The standard InChI is InChI=1S/C22H39F3O/c1-3-5-7-8-14-26-20-13-11-17(15-19(20)23)18-12-10-16(9-6-4-2)21(24)22(18)25/h16-22H,3-15H2,1-2H3. The largest absolute Gasteiger partial charge is 0.375 e. The molecule has 7 atom stereocenters. The molecule has 26 heavy (non-hydrogen) atoms. The van der Waals surface area contributed by atoms with Gasteiger partial charge < -0.3 is 4.74 Å². The van der Waals surface area contributed by atoms with Crippen molar-refractivity contribution in [3.05, 3.63) is 0 Å². The third-order valence-corrected chi connectivity index (χ3v) is 6.65. The van der Waals surface area contributed by atoms with Crippen molar-refractivity contribution in [3.63, 3.8) is 0 Å². The van der Waals surface area contributed by atoms with Crippen LogP contribution in [0.1, 0.15) is 90.9 Å². The fraction of sp³-hybridized carbons (Fsp3) is 1.00. The molecular formula is C22H39F3O. The Morgan fingerprint density at radius 1 is 0.808 bits per heavy atom. The predicted molar refractivity (Wildman–Crippen MR) is 102 cm³/mol. The lowest BCUT2D eigenvalue weighted by Crippen LogP contribution is -2.44. The summed E-state index contributed by atoms with van der Waals surface area (Å²) in [6.07, 6.45) is 6.39. The Morgan fingerprint density at radius 3 is 2.27 bits per heavy atom. The van der Waals surface area contributed by atoms with Crippen LogP contribution in [0.25, 0.3) is 0 Å². The highest BCUT2D eigenvalue weighted by atomic mass is 19.2. The highest BCUT2D eigenvalue weighted by Gasteiger charge is 2.45. The molecule has 0 heterocycles. The van der Waals surface area contributed by atoms with Gasteiger partial charge in [0.25, 0.3) is 0 Å². The molecule has 2 rings (SSSR count). The Labute approximate surface area is 158 Å². The van der Waals surface area contributed by atoms with Gasteiger partial charge in [0, 0.05) is 6.61 Å². The van der Waals surface area contributed by atoms with E-state index in [1.165, 1.54) is 12.8 Å². The number of hydrogen-bond donors (Lipinski definition) is 0. The molecule has 4 heteroatoms. The van der Waals surface area contributed by atoms with Crippen LogP contribution in [0.4, 0.5) is 13.2 Å². The molecule has 2 aliphatic rings. The molecule has 1 nitrogen and oxygen atoms in total. The first-order valence-corrected chi connectivity index (χ1v) is 11.1. The van der Waals surface area contributed by atoms with Crippen molar-refractivity contribution in [1.29, 1.82) is 0 Å². The van der Waals surface area contributed by atoms with Crippen molar-refractivity contribution in [2.24, 2.45) is 17.8 Å². The van der Waals surface area contributed by atoms with E-state index in [4.69, 9.17) is 4.74 Å². The lowest BCUT2D eigenvalue weighted by atomic mass is 9.68. The van der Waals surface area contributed by atoms with E-state index < -0.39 is 18.5 Å². The van der Waals surface area contributed by atoms with Gasteiger partial charge in [-0.15, -0.1) is 0 Å². The minimum atomic E-state index is -1.41. The highest BCUT2D eigenvalue weighted by molar-refractivity contribution is 4.94. The maximum absolute atomic E-state index is 14.7. The van der Waals surface area contributed by atoms with Crippen molar-refractivity contribution in [3.8, 4) is 0 Å². The molecular weight excluding hydrogens is 337 g/mol. The van der Waals surface area contributed by atoms with E-state index in [0.717, 1.165) is 51.4 Å². The lowest BCUT2D eigenvalue weighted by Gasteiger charge is -2.42. The van der Waals surface area contributed by atoms with Gasteiger partial charge in [0.1, 0.15) is 18.5 Å². The fourth-order valence-corrected chi connectivity index (χ4v) is 4.94. The summed E-state index contributed by atoms with van der Waals surface area (Å²) in [5.74, 6) is -0.456. The first kappa shape index (κ1) is 22.0. The van der Waals surface area contributed by atoms with E-state index in [0.29, 0.717) is 19.4 Å². The van der Waals surface area contributed by atoms with Crippen molar-refractivity contribution >= 4 is 0 Å². The number of alkyl halides is 3. The molecule has 0 radical (unpaired) electrons. The second kappa shape index (κ2) is 11.6. The SMILES string of the molecule is CCCCCCOC1CCC(C2CCC(CCCC)C(F)C2F)CC1F. The van der Waals surface area contributed by atoms with Gasteiger partial charge in [-0.2, -0.15) is 0 Å². The quantitative estimate of drug-likeness (QED) is 0.374. The maximum atomic E-state index is 14.7. The zero-order chi connectivity index (χ0) is 18.9. The van der Waals surface area contributed by atoms with Crippen LogP contribution >= 0.6 is 0 Å². The van der Waals surface area contributed by atoms with E-state index in [2.05, 4.69) is 13.8 Å². The van der Waals surface area contributed by atoms with Gasteiger partial charge in [-0.05, 0) is 62.7 Å². The molecule has 0 amide bonds. The first-order valence-electron chi connectivity index (χ1n) is 11.1. The summed E-state index contributed by atoms with van der Waals surface area (Å²) in [6.45, 7) is 4.87. The third-order valence-electron chi connectivity index (χ3n) is 6.65. The van der Waals surface area contributed by atoms with Crippen LogP contribution in [0.5, 0.6) is 0 Å². The predicted octanol–water partition coefficient (Wildman–Crippen LogP) is 6.98. The van der Waals surface area contributed by atoms with Crippen molar-refractivity contribution in [2.75, 3.05) is 6.61 Å². The van der Waals surface area contributed by atoms with Gasteiger partial charge in [-0.1, -0.05) is 46.0 Å². The van der Waals surface area contributed by atoms with Gasteiger partial charge in [0.2, 0.25) is 0 Å². The fourth-order valence-electron chi connectivity index (χ4n) is 4.94. The maximum Gasteiger partial charge on any atom is 0.134 e. The van der Waals surface area contributed by atoms with Gasteiger partial charge >= 0.3 is 0 Å². The molecule has 0 saturated heterocycles.